The van der Waals surface area contributed by atoms with Crippen LogP contribution in [0.4, 0.5) is 13.2 Å². The van der Waals surface area contributed by atoms with Crippen LogP contribution in [0.3, 0.4) is 0 Å². The summed E-state index contributed by atoms with van der Waals surface area (Å²) in [7, 11) is -1.83. The molecule has 0 saturated heterocycles. The van der Waals surface area contributed by atoms with Crippen molar-refractivity contribution in [3.63, 3.8) is 0 Å². The molecule has 0 radical (unpaired) electrons. The molecule has 1 atom stereocenters. The zero-order valence-electron chi connectivity index (χ0n) is 16.8. The number of pyridine rings is 1. The molecule has 0 aliphatic carbocycles. The Kier molecular flexibility index (Phi) is 3.52. The first-order valence-electron chi connectivity index (χ1n) is 8.98. The number of ether oxygens (including phenoxy) is 1. The van der Waals surface area contributed by atoms with Crippen molar-refractivity contribution < 1.29 is 27.6 Å². The van der Waals surface area contributed by atoms with Crippen LogP contribution in [-0.2, 0) is 16.6 Å². The van der Waals surface area contributed by atoms with Gasteiger partial charge in [-0.3, -0.25) is 9.19 Å². The van der Waals surface area contributed by atoms with Crippen LogP contribution >= 0.6 is 0 Å². The second-order valence-corrected chi connectivity index (χ2v) is 6.41. The maximum absolute atomic E-state index is 12.7. The maximum atomic E-state index is 12.7. The third-order valence-electron chi connectivity index (χ3n) is 3.25. The topological polar surface area (TPSA) is 67.9 Å². The molecule has 0 amide bonds. The number of nitrogens with zero attached hydrogens (tertiary/aromatic N) is 2. The van der Waals surface area contributed by atoms with Gasteiger partial charge < -0.3 is 9.72 Å². The highest BCUT2D eigenvalue weighted by molar-refractivity contribution is 7.84. The lowest BCUT2D eigenvalue weighted by Gasteiger charge is -2.13. The van der Waals surface area contributed by atoms with E-state index in [9.17, 15) is 17.4 Å². The van der Waals surface area contributed by atoms with Gasteiger partial charge in [0.2, 0.25) is 0 Å². The highest BCUT2D eigenvalue weighted by Crippen LogP contribution is 2.24. The molecule has 0 fully saturated rings. The van der Waals surface area contributed by atoms with Gasteiger partial charge in [-0.25, -0.2) is 4.98 Å². The summed E-state index contributed by atoms with van der Waals surface area (Å²) in [5, 5.41) is -0.0881. The van der Waals surface area contributed by atoms with Crippen LogP contribution in [0.25, 0.3) is 11.0 Å². The van der Waals surface area contributed by atoms with Gasteiger partial charge in [-0.05, 0) is 25.1 Å². The minimum atomic E-state index is -4.50. The fourth-order valence-corrected chi connectivity index (χ4v) is 3.12. The van der Waals surface area contributed by atoms with Crippen LogP contribution in [-0.4, -0.2) is 31.9 Å². The van der Waals surface area contributed by atoms with E-state index in [0.717, 1.165) is 0 Å². The summed E-state index contributed by atoms with van der Waals surface area (Å²) >= 11 is 0. The molecule has 0 unspecified atom stereocenters. The lowest BCUT2D eigenvalue weighted by atomic mass is 10.2. The van der Waals surface area contributed by atoms with E-state index >= 15 is 0 Å². The van der Waals surface area contributed by atoms with Crippen molar-refractivity contribution >= 4 is 21.8 Å². The molecular weight excluding hydrogens is 355 g/mol. The normalized spacial score (nSPS) is 15.4. The van der Waals surface area contributed by atoms with E-state index in [1.165, 1.54) is 19.2 Å². The summed E-state index contributed by atoms with van der Waals surface area (Å²) < 4.78 is 85.7. The number of fused-ring (bicyclic) bond motifs is 1. The molecule has 2 aromatic heterocycles. The summed E-state index contributed by atoms with van der Waals surface area (Å²) in [4.78, 5) is 10.7. The number of hydrogen-bond acceptors (Lipinski definition) is 4. The van der Waals surface area contributed by atoms with Gasteiger partial charge in [0.25, 0.3) is 0 Å². The Bertz CT molecular complexity index is 1080. The minimum absolute atomic E-state index is 0.0197. The number of benzene rings is 1. The van der Waals surface area contributed by atoms with Crippen LogP contribution < -0.4 is 4.74 Å². The number of halogens is 3. The van der Waals surface area contributed by atoms with Crippen molar-refractivity contribution in [1.29, 1.82) is 0 Å². The molecule has 0 aliphatic heterocycles. The zero-order chi connectivity index (χ0) is 21.5. The van der Waals surface area contributed by atoms with Crippen LogP contribution in [0, 0.1) is 6.92 Å². The summed E-state index contributed by atoms with van der Waals surface area (Å²) in [6, 6.07) is -0.335. The standard InChI is InChI=1S/C16H14F3N3O2S/c1-10-13(20-7-6-14(10)24-9-16(17,18)19)8-25(23)15-21-11-4-2-3-5-12(11)22-15/h2-7H,8-9H2,1H3,(H,21,22)/t25-/m1/s1/i2D,3D,4D,5D. The van der Waals surface area contributed by atoms with Crippen molar-refractivity contribution in [2.75, 3.05) is 6.61 Å². The number of aromatic amines is 1. The molecule has 0 bridgehead atoms. The molecular formula is C16H14F3N3O2S. The van der Waals surface area contributed by atoms with Crippen LogP contribution in [0.1, 0.15) is 16.7 Å². The summed E-state index contributed by atoms with van der Waals surface area (Å²) in [5.74, 6) is -0.231. The van der Waals surface area contributed by atoms with Gasteiger partial charge >= 0.3 is 6.18 Å². The molecule has 3 rings (SSSR count). The van der Waals surface area contributed by atoms with Gasteiger partial charge in [-0.1, -0.05) is 12.1 Å². The Morgan fingerprint density at radius 2 is 2.12 bits per heavy atom. The van der Waals surface area contributed by atoms with E-state index < -0.39 is 35.7 Å². The number of alkyl halides is 3. The Morgan fingerprint density at radius 3 is 2.88 bits per heavy atom. The molecule has 0 saturated carbocycles. The van der Waals surface area contributed by atoms with Gasteiger partial charge in [0, 0.05) is 11.8 Å². The number of rotatable bonds is 5. The monoisotopic (exact) mass is 373 g/mol. The molecule has 5 nitrogen and oxygen atoms in total. The molecule has 132 valence electrons. The van der Waals surface area contributed by atoms with E-state index in [2.05, 4.69) is 15.0 Å². The minimum Gasteiger partial charge on any atom is -0.484 e. The van der Waals surface area contributed by atoms with E-state index in [-0.39, 0.29) is 45.5 Å². The number of imidazole rings is 1. The highest BCUT2D eigenvalue weighted by atomic mass is 32.2. The first kappa shape index (κ1) is 12.9. The van der Waals surface area contributed by atoms with Gasteiger partial charge in [0.05, 0.1) is 38.8 Å². The number of aromatic nitrogens is 3. The smallest absolute Gasteiger partial charge is 0.422 e. The Balaban J connectivity index is 1.89. The average Bonchev–Trinajstić information content (AvgIpc) is 3.10. The molecule has 9 heteroatoms. The summed E-state index contributed by atoms with van der Waals surface area (Å²) in [6.07, 6.45) is -3.26. The van der Waals surface area contributed by atoms with Gasteiger partial charge in [0.1, 0.15) is 5.75 Å². The molecule has 1 N–H and O–H groups in total. The molecule has 2 heterocycles. The zero-order valence-corrected chi connectivity index (χ0v) is 13.6. The lowest BCUT2D eigenvalue weighted by molar-refractivity contribution is -0.153. The summed E-state index contributed by atoms with van der Waals surface area (Å²) in [5.41, 5.74) is 0.506. The van der Waals surface area contributed by atoms with Crippen molar-refractivity contribution in [2.45, 2.75) is 24.0 Å². The Labute approximate surface area is 149 Å². The largest absolute Gasteiger partial charge is 0.484 e. The van der Waals surface area contributed by atoms with E-state index in [1.54, 1.807) is 0 Å². The number of para-hydroxylation sites is 2. The maximum Gasteiger partial charge on any atom is 0.422 e. The van der Waals surface area contributed by atoms with E-state index in [0.29, 0.717) is 5.56 Å². The predicted molar refractivity (Wildman–Crippen MR) is 86.7 cm³/mol. The Hall–Kier alpha value is -2.42. The van der Waals surface area contributed by atoms with Crippen molar-refractivity contribution in [3.8, 4) is 5.75 Å². The van der Waals surface area contributed by atoms with Crippen LogP contribution in [0.5, 0.6) is 5.75 Å². The molecule has 3 aromatic rings. The fourth-order valence-electron chi connectivity index (χ4n) is 2.04. The molecule has 0 spiro atoms. The third kappa shape index (κ3) is 4.16. The predicted octanol–water partition coefficient (Wildman–Crippen LogP) is 3.52. The van der Waals surface area contributed by atoms with E-state index in [1.807, 2.05) is 0 Å². The second-order valence-electron chi connectivity index (χ2n) is 5.04. The molecule has 0 aliphatic rings. The molecule has 1 aromatic carbocycles. The second kappa shape index (κ2) is 6.83. The lowest BCUT2D eigenvalue weighted by Crippen LogP contribution is -2.19. The Morgan fingerprint density at radius 1 is 1.36 bits per heavy atom. The van der Waals surface area contributed by atoms with Gasteiger partial charge in [-0.15, -0.1) is 0 Å². The van der Waals surface area contributed by atoms with Gasteiger partial charge in [-0.2, -0.15) is 13.2 Å². The van der Waals surface area contributed by atoms with E-state index in [4.69, 9.17) is 10.2 Å². The van der Waals surface area contributed by atoms with Crippen molar-refractivity contribution in [2.24, 2.45) is 0 Å². The first-order chi connectivity index (χ1) is 13.5. The highest BCUT2D eigenvalue weighted by Gasteiger charge is 2.29. The van der Waals surface area contributed by atoms with Crippen LogP contribution in [0.2, 0.25) is 0 Å². The number of H-pyrrole nitrogens is 1. The SMILES string of the molecule is [2H]c1c([2H])c([2H])c2[nH]c([S@](=O)Cc3nccc(OCC(F)(F)F)c3C)nc2c1[2H]. The number of hydrogen-bond donors (Lipinski definition) is 1. The first-order valence-corrected chi connectivity index (χ1v) is 8.30. The third-order valence-corrected chi connectivity index (χ3v) is 4.41. The molecule has 25 heavy (non-hydrogen) atoms. The van der Waals surface area contributed by atoms with Crippen molar-refractivity contribution in [3.05, 3.63) is 47.7 Å². The number of nitrogens with one attached hydrogen (secondary N) is 1. The fraction of sp³-hybridized carbons (Fsp3) is 0.250. The van der Waals surface area contributed by atoms with Crippen LogP contribution in [0.15, 0.2) is 41.6 Å². The van der Waals surface area contributed by atoms with Crippen molar-refractivity contribution in [1.82, 2.24) is 15.0 Å². The average molecular weight is 373 g/mol. The summed E-state index contributed by atoms with van der Waals surface area (Å²) in [6.45, 7) is 0.0276. The van der Waals surface area contributed by atoms with Gasteiger partial charge in [0.15, 0.2) is 11.8 Å². The quantitative estimate of drug-likeness (QED) is 0.743.